The second kappa shape index (κ2) is 8.71. The highest BCUT2D eigenvalue weighted by Crippen LogP contribution is 2.35. The second-order valence-corrected chi connectivity index (χ2v) is 6.99. The molecule has 2 heterocycles. The van der Waals surface area contributed by atoms with Crippen LogP contribution in [0.2, 0.25) is 0 Å². The van der Waals surface area contributed by atoms with Crippen molar-refractivity contribution in [2.75, 3.05) is 0 Å². The van der Waals surface area contributed by atoms with Crippen LogP contribution < -0.4 is 0 Å². The highest BCUT2D eigenvalue weighted by molar-refractivity contribution is 5.69. The number of hydrogen-bond acceptors (Lipinski definition) is 3. The van der Waals surface area contributed by atoms with Gasteiger partial charge in [0.05, 0.1) is 12.1 Å². The minimum absolute atomic E-state index is 0.182. The molecule has 2 unspecified atom stereocenters. The molecule has 0 aromatic heterocycles. The highest BCUT2D eigenvalue weighted by atomic mass is 16.6. The number of benzene rings is 1. The predicted molar refractivity (Wildman–Crippen MR) is 96.7 cm³/mol. The number of piperidine rings is 1. The van der Waals surface area contributed by atoms with Gasteiger partial charge >= 0.3 is 6.09 Å². The average Bonchev–Trinajstić information content (AvgIpc) is 2.63. The van der Waals surface area contributed by atoms with Gasteiger partial charge in [-0.2, -0.15) is 5.26 Å². The molecule has 2 atom stereocenters. The lowest BCUT2D eigenvalue weighted by molar-refractivity contribution is 0.0479. The summed E-state index contributed by atoms with van der Waals surface area (Å²) in [4.78, 5) is 14.6. The van der Waals surface area contributed by atoms with Crippen molar-refractivity contribution < 1.29 is 9.53 Å². The molecular weight excluding hydrogens is 312 g/mol. The number of unbranched alkanes of at least 4 members (excludes halogenated alkanes) is 2. The summed E-state index contributed by atoms with van der Waals surface area (Å²) in [5, 5.41) is 8.64. The number of amides is 1. The minimum Gasteiger partial charge on any atom is -0.445 e. The van der Waals surface area contributed by atoms with Crippen molar-refractivity contribution in [1.29, 1.82) is 5.26 Å². The van der Waals surface area contributed by atoms with E-state index in [1.807, 2.05) is 35.2 Å². The Morgan fingerprint density at radius 1 is 1.24 bits per heavy atom. The Kier molecular flexibility index (Phi) is 6.11. The van der Waals surface area contributed by atoms with Gasteiger partial charge < -0.3 is 4.74 Å². The molecule has 2 aliphatic rings. The summed E-state index contributed by atoms with van der Waals surface area (Å²) in [6.07, 6.45) is 10.1. The zero-order valence-corrected chi connectivity index (χ0v) is 14.7. The summed E-state index contributed by atoms with van der Waals surface area (Å²) in [5.74, 6) is 0. The van der Waals surface area contributed by atoms with Crippen molar-refractivity contribution in [1.82, 2.24) is 4.90 Å². The molecule has 0 N–H and O–H groups in total. The Bertz CT molecular complexity index is 648. The van der Waals surface area contributed by atoms with Crippen LogP contribution in [0.5, 0.6) is 0 Å². The summed E-state index contributed by atoms with van der Waals surface area (Å²) in [5.41, 5.74) is 2.48. The van der Waals surface area contributed by atoms with Gasteiger partial charge in [0, 0.05) is 12.5 Å². The molecule has 2 bridgehead atoms. The third-order valence-corrected chi connectivity index (χ3v) is 5.17. The first kappa shape index (κ1) is 17.5. The lowest BCUT2D eigenvalue weighted by atomic mass is 9.84. The van der Waals surface area contributed by atoms with E-state index in [1.54, 1.807) is 0 Å². The van der Waals surface area contributed by atoms with E-state index in [4.69, 9.17) is 10.00 Å². The van der Waals surface area contributed by atoms with Crippen LogP contribution in [0.15, 0.2) is 42.0 Å². The average molecular weight is 338 g/mol. The van der Waals surface area contributed by atoms with E-state index in [2.05, 4.69) is 12.1 Å². The van der Waals surface area contributed by atoms with Crippen molar-refractivity contribution in [3.8, 4) is 6.07 Å². The Morgan fingerprint density at radius 3 is 2.84 bits per heavy atom. The molecule has 1 fully saturated rings. The fraction of sp³-hybridized carbons (Fsp3) is 0.524. The quantitative estimate of drug-likeness (QED) is 0.544. The largest absolute Gasteiger partial charge is 0.445 e. The molecule has 1 aromatic rings. The fourth-order valence-electron chi connectivity index (χ4n) is 3.94. The van der Waals surface area contributed by atoms with E-state index in [9.17, 15) is 4.79 Å². The molecule has 4 nitrogen and oxygen atoms in total. The third kappa shape index (κ3) is 4.63. The monoisotopic (exact) mass is 338 g/mol. The molecule has 2 aliphatic heterocycles. The first-order valence-electron chi connectivity index (χ1n) is 9.33. The molecule has 4 heteroatoms. The Labute approximate surface area is 150 Å². The number of rotatable bonds is 6. The number of ether oxygens (including phenoxy) is 1. The predicted octanol–water partition coefficient (Wildman–Crippen LogP) is 4.96. The lowest BCUT2D eigenvalue weighted by Gasteiger charge is -2.44. The molecule has 1 aromatic carbocycles. The van der Waals surface area contributed by atoms with Crippen molar-refractivity contribution >= 4 is 6.09 Å². The SMILES string of the molecule is N#CCCCCC1=CC2CCCC(C1)N2C(=O)OCc1ccccc1. The molecule has 0 aliphatic carbocycles. The molecular formula is C21H26N2O2. The zero-order valence-electron chi connectivity index (χ0n) is 14.7. The Balaban J connectivity index is 1.57. The molecule has 0 spiro atoms. The first-order chi connectivity index (χ1) is 12.3. The van der Waals surface area contributed by atoms with E-state index < -0.39 is 0 Å². The number of carbonyl (C=O) groups excluding carboxylic acids is 1. The van der Waals surface area contributed by atoms with Crippen LogP contribution in [0.4, 0.5) is 4.79 Å². The molecule has 1 amide bonds. The Hall–Kier alpha value is -2.28. The van der Waals surface area contributed by atoms with Crippen LogP contribution >= 0.6 is 0 Å². The van der Waals surface area contributed by atoms with Gasteiger partial charge in [-0.3, -0.25) is 4.90 Å². The highest BCUT2D eigenvalue weighted by Gasteiger charge is 2.37. The second-order valence-electron chi connectivity index (χ2n) is 6.99. The number of fused-ring (bicyclic) bond motifs is 2. The van der Waals surface area contributed by atoms with Gasteiger partial charge in [0.1, 0.15) is 6.61 Å². The van der Waals surface area contributed by atoms with Gasteiger partial charge in [-0.15, -0.1) is 0 Å². The normalized spacial score (nSPS) is 22.0. The maximum absolute atomic E-state index is 12.6. The van der Waals surface area contributed by atoms with E-state index in [0.717, 1.165) is 44.1 Å². The van der Waals surface area contributed by atoms with Crippen LogP contribution in [0.1, 0.15) is 56.9 Å². The molecule has 25 heavy (non-hydrogen) atoms. The van der Waals surface area contributed by atoms with Crippen molar-refractivity contribution in [3.63, 3.8) is 0 Å². The first-order valence-corrected chi connectivity index (χ1v) is 9.33. The van der Waals surface area contributed by atoms with E-state index in [0.29, 0.717) is 13.0 Å². The molecule has 0 radical (unpaired) electrons. The van der Waals surface area contributed by atoms with Gasteiger partial charge in [0.15, 0.2) is 0 Å². The summed E-state index contributed by atoms with van der Waals surface area (Å²) >= 11 is 0. The zero-order chi connectivity index (χ0) is 17.5. The summed E-state index contributed by atoms with van der Waals surface area (Å²) in [7, 11) is 0. The molecule has 0 saturated carbocycles. The van der Waals surface area contributed by atoms with Crippen LogP contribution in [-0.2, 0) is 11.3 Å². The summed E-state index contributed by atoms with van der Waals surface area (Å²) < 4.78 is 5.57. The van der Waals surface area contributed by atoms with E-state index >= 15 is 0 Å². The number of nitriles is 1. The van der Waals surface area contributed by atoms with Crippen LogP contribution in [0.3, 0.4) is 0 Å². The summed E-state index contributed by atoms with van der Waals surface area (Å²) in [6.45, 7) is 0.334. The molecule has 132 valence electrons. The van der Waals surface area contributed by atoms with E-state index in [1.165, 1.54) is 12.0 Å². The molecule has 1 saturated heterocycles. The van der Waals surface area contributed by atoms with Crippen molar-refractivity contribution in [2.45, 2.75) is 70.1 Å². The number of carbonyl (C=O) groups is 1. The number of hydrogen-bond donors (Lipinski definition) is 0. The Morgan fingerprint density at radius 2 is 2.08 bits per heavy atom. The van der Waals surface area contributed by atoms with Gasteiger partial charge in [0.2, 0.25) is 0 Å². The van der Waals surface area contributed by atoms with Crippen LogP contribution in [0, 0.1) is 11.3 Å². The van der Waals surface area contributed by atoms with Crippen LogP contribution in [0.25, 0.3) is 0 Å². The lowest BCUT2D eigenvalue weighted by Crippen LogP contribution is -2.51. The maximum atomic E-state index is 12.6. The smallest absolute Gasteiger partial charge is 0.410 e. The topological polar surface area (TPSA) is 53.3 Å². The van der Waals surface area contributed by atoms with Gasteiger partial charge in [0.25, 0.3) is 0 Å². The summed E-state index contributed by atoms with van der Waals surface area (Å²) in [6, 6.07) is 12.5. The maximum Gasteiger partial charge on any atom is 0.410 e. The van der Waals surface area contributed by atoms with Gasteiger partial charge in [-0.05, 0) is 50.5 Å². The van der Waals surface area contributed by atoms with Crippen molar-refractivity contribution in [3.05, 3.63) is 47.5 Å². The van der Waals surface area contributed by atoms with Gasteiger partial charge in [-0.1, -0.05) is 42.0 Å². The molecule has 3 rings (SSSR count). The van der Waals surface area contributed by atoms with E-state index in [-0.39, 0.29) is 18.2 Å². The fourth-order valence-corrected chi connectivity index (χ4v) is 3.94. The number of nitrogens with zero attached hydrogens (tertiary/aromatic N) is 2. The van der Waals surface area contributed by atoms with Crippen molar-refractivity contribution in [2.24, 2.45) is 0 Å². The minimum atomic E-state index is -0.182. The third-order valence-electron chi connectivity index (χ3n) is 5.17. The van der Waals surface area contributed by atoms with Gasteiger partial charge in [-0.25, -0.2) is 4.79 Å². The van der Waals surface area contributed by atoms with Crippen LogP contribution in [-0.4, -0.2) is 23.1 Å². The standard InChI is InChI=1S/C21H26N2O2/c22-13-6-2-5-10-18-14-19-11-7-12-20(15-18)23(19)21(24)25-16-17-8-3-1-4-9-17/h1,3-4,8-9,14,19-20H,2,5-7,10-12,15-16H2.